The molecule has 0 heterocycles. The van der Waals surface area contributed by atoms with E-state index >= 15 is 0 Å². The van der Waals surface area contributed by atoms with Gasteiger partial charge in [0.05, 0.1) is 0 Å². The third kappa shape index (κ3) is 2.43. The minimum atomic E-state index is -2.26. The fourth-order valence-corrected chi connectivity index (χ4v) is 5.90. The van der Waals surface area contributed by atoms with E-state index in [1.807, 2.05) is 12.1 Å². The minimum absolute atomic E-state index is 0.508. The summed E-state index contributed by atoms with van der Waals surface area (Å²) in [4.78, 5) is 6.88. The molecule has 0 unspecified atom stereocenters. The molecule has 0 bridgehead atoms. The molecule has 1 aromatic carbocycles. The first-order valence-electron chi connectivity index (χ1n) is 5.11. The van der Waals surface area contributed by atoms with Crippen LogP contribution in [-0.4, -0.2) is 32.6 Å². The van der Waals surface area contributed by atoms with Crippen LogP contribution in [0, 0.1) is 11.3 Å². The molecular weight excluding hydrogens is 309 g/mol. The molecule has 3 nitrogen and oxygen atoms in total. The molecule has 0 saturated carbocycles. The summed E-state index contributed by atoms with van der Waals surface area (Å²) >= 11 is -2.26. The molecule has 0 aliphatic heterocycles. The maximum atomic E-state index is 9.16. The Bertz CT molecular complexity index is 430. The molecule has 0 atom stereocenters. The first-order chi connectivity index (χ1) is 7.45. The number of benzene rings is 1. The number of ether oxygens (including phenoxy) is 2. The van der Waals surface area contributed by atoms with Crippen molar-refractivity contribution < 1.29 is 9.47 Å². The molecule has 1 rings (SSSR count). The third-order valence-electron chi connectivity index (χ3n) is 2.46. The molecule has 0 aromatic heterocycles. The average Bonchev–Trinajstić information content (AvgIpc) is 2.25. The van der Waals surface area contributed by atoms with Crippen LogP contribution in [-0.2, 0) is 0 Å². The first-order valence-corrected chi connectivity index (χ1v) is 15.1. The second kappa shape index (κ2) is 4.96. The van der Waals surface area contributed by atoms with Gasteiger partial charge in [-0.15, -0.1) is 0 Å². The van der Waals surface area contributed by atoms with Crippen LogP contribution in [0.5, 0.6) is 11.5 Å². The number of hydrogen-bond acceptors (Lipinski definition) is 3. The zero-order valence-corrected chi connectivity index (χ0v) is 13.3. The SMILES string of the molecule is COc1cc[c]([Sn]([CH3])([CH3])[CH3])c(OC)c1C#N. The quantitative estimate of drug-likeness (QED) is 0.799. The van der Waals surface area contributed by atoms with Gasteiger partial charge in [0, 0.05) is 0 Å². The van der Waals surface area contributed by atoms with Gasteiger partial charge in [0.25, 0.3) is 0 Å². The van der Waals surface area contributed by atoms with E-state index in [0.717, 1.165) is 0 Å². The van der Waals surface area contributed by atoms with Gasteiger partial charge < -0.3 is 0 Å². The van der Waals surface area contributed by atoms with Crippen LogP contribution in [0.1, 0.15) is 5.56 Å². The van der Waals surface area contributed by atoms with Crippen molar-refractivity contribution in [2.24, 2.45) is 0 Å². The van der Waals surface area contributed by atoms with E-state index in [-0.39, 0.29) is 0 Å². The van der Waals surface area contributed by atoms with Crippen molar-refractivity contribution in [1.82, 2.24) is 0 Å². The van der Waals surface area contributed by atoms with Gasteiger partial charge in [0.2, 0.25) is 0 Å². The molecule has 86 valence electrons. The van der Waals surface area contributed by atoms with E-state index in [2.05, 4.69) is 20.9 Å². The molecular formula is C12H17NO2Sn. The Hall–Kier alpha value is -0.891. The zero-order valence-electron chi connectivity index (χ0n) is 10.4. The Labute approximate surface area is 101 Å². The standard InChI is InChI=1S/C9H8NO2.3CH3.Sn/c1-11-8-4-3-5-9(12-2)7(8)6-10;;;;/h3-4H,1-2H3;3*1H3;. The topological polar surface area (TPSA) is 42.2 Å². The van der Waals surface area contributed by atoms with E-state index in [4.69, 9.17) is 14.7 Å². The van der Waals surface area contributed by atoms with Gasteiger partial charge in [0.15, 0.2) is 0 Å². The van der Waals surface area contributed by atoms with Crippen LogP contribution in [0.3, 0.4) is 0 Å². The summed E-state index contributed by atoms with van der Waals surface area (Å²) in [6, 6.07) is 6.06. The van der Waals surface area contributed by atoms with Crippen LogP contribution >= 0.6 is 0 Å². The predicted octanol–water partition coefficient (Wildman–Crippen LogP) is 2.12. The van der Waals surface area contributed by atoms with Crippen molar-refractivity contribution in [2.45, 2.75) is 14.8 Å². The van der Waals surface area contributed by atoms with Crippen molar-refractivity contribution in [2.75, 3.05) is 14.2 Å². The summed E-state index contributed by atoms with van der Waals surface area (Å²) in [7, 11) is 3.17. The number of nitrogens with zero attached hydrogens (tertiary/aromatic N) is 1. The molecule has 0 saturated heterocycles. The molecule has 16 heavy (non-hydrogen) atoms. The fraction of sp³-hybridized carbons (Fsp3) is 0.417. The Balaban J connectivity index is 3.52. The van der Waals surface area contributed by atoms with Crippen LogP contribution < -0.4 is 13.1 Å². The number of rotatable bonds is 3. The predicted molar refractivity (Wildman–Crippen MR) is 67.2 cm³/mol. The number of nitriles is 1. The summed E-state index contributed by atoms with van der Waals surface area (Å²) in [5.74, 6) is 1.28. The normalized spacial score (nSPS) is 10.8. The van der Waals surface area contributed by atoms with Crippen molar-refractivity contribution in [3.8, 4) is 17.6 Å². The Morgan fingerprint density at radius 1 is 1.12 bits per heavy atom. The fourth-order valence-electron chi connectivity index (χ4n) is 1.64. The summed E-state index contributed by atoms with van der Waals surface area (Å²) in [5, 5.41) is 9.16. The molecule has 1 aromatic rings. The monoisotopic (exact) mass is 327 g/mol. The van der Waals surface area contributed by atoms with Crippen molar-refractivity contribution in [3.63, 3.8) is 0 Å². The Kier molecular flexibility index (Phi) is 4.08. The second-order valence-corrected chi connectivity index (χ2v) is 19.0. The zero-order chi connectivity index (χ0) is 12.3. The van der Waals surface area contributed by atoms with Crippen molar-refractivity contribution in [1.29, 1.82) is 5.26 Å². The maximum absolute atomic E-state index is 9.16. The molecule has 0 N–H and O–H groups in total. The van der Waals surface area contributed by atoms with Gasteiger partial charge >= 0.3 is 101 Å². The van der Waals surface area contributed by atoms with Crippen molar-refractivity contribution in [3.05, 3.63) is 17.7 Å². The first kappa shape index (κ1) is 13.2. The second-order valence-electron chi connectivity index (χ2n) is 4.59. The van der Waals surface area contributed by atoms with Gasteiger partial charge in [-0.3, -0.25) is 0 Å². The molecule has 0 spiro atoms. The molecule has 0 fully saturated rings. The Morgan fingerprint density at radius 3 is 2.12 bits per heavy atom. The van der Waals surface area contributed by atoms with E-state index in [0.29, 0.717) is 17.1 Å². The molecule has 0 aliphatic rings. The van der Waals surface area contributed by atoms with Gasteiger partial charge in [-0.05, 0) is 0 Å². The van der Waals surface area contributed by atoms with E-state index in [9.17, 15) is 0 Å². The number of hydrogen-bond donors (Lipinski definition) is 0. The molecule has 4 heteroatoms. The van der Waals surface area contributed by atoms with Gasteiger partial charge in [-0.2, -0.15) is 0 Å². The average molecular weight is 326 g/mol. The van der Waals surface area contributed by atoms with Crippen LogP contribution in [0.15, 0.2) is 12.1 Å². The summed E-state index contributed by atoms with van der Waals surface area (Å²) in [5.41, 5.74) is 0.508. The number of methoxy groups -OCH3 is 2. The van der Waals surface area contributed by atoms with Gasteiger partial charge in [0.1, 0.15) is 0 Å². The van der Waals surface area contributed by atoms with Gasteiger partial charge in [-0.1, -0.05) is 0 Å². The van der Waals surface area contributed by atoms with E-state index in [1.54, 1.807) is 14.2 Å². The van der Waals surface area contributed by atoms with E-state index < -0.39 is 18.4 Å². The van der Waals surface area contributed by atoms with Crippen LogP contribution in [0.2, 0.25) is 14.8 Å². The molecule has 0 aliphatic carbocycles. The third-order valence-corrected chi connectivity index (χ3v) is 8.20. The summed E-state index contributed by atoms with van der Waals surface area (Å²) < 4.78 is 11.8. The van der Waals surface area contributed by atoms with Crippen LogP contribution in [0.4, 0.5) is 0 Å². The van der Waals surface area contributed by atoms with E-state index in [1.165, 1.54) is 3.58 Å². The summed E-state index contributed by atoms with van der Waals surface area (Å²) in [6.07, 6.45) is 0. The van der Waals surface area contributed by atoms with Gasteiger partial charge in [-0.25, -0.2) is 0 Å². The Morgan fingerprint density at radius 2 is 1.75 bits per heavy atom. The van der Waals surface area contributed by atoms with Crippen LogP contribution in [0.25, 0.3) is 0 Å². The van der Waals surface area contributed by atoms with Crippen molar-refractivity contribution >= 4 is 22.0 Å². The summed E-state index contributed by atoms with van der Waals surface area (Å²) in [6.45, 7) is 0. The molecule has 0 amide bonds. The molecule has 0 radical (unpaired) electrons.